The molecular formula is C25H30N8OS. The number of benzene rings is 1. The number of nitrogens with two attached hydrogens (primary N) is 2. The van der Waals surface area contributed by atoms with Crippen molar-refractivity contribution in [1.82, 2.24) is 9.99 Å². The van der Waals surface area contributed by atoms with Gasteiger partial charge in [-0.25, -0.2) is 15.0 Å². The van der Waals surface area contributed by atoms with Gasteiger partial charge in [-0.15, -0.1) is 6.42 Å². The van der Waals surface area contributed by atoms with E-state index in [9.17, 15) is 0 Å². The average molecular weight is 491 g/mol. The van der Waals surface area contributed by atoms with Gasteiger partial charge in [0.25, 0.3) is 0 Å². The Hall–Kier alpha value is -3.07. The first-order chi connectivity index (χ1) is 17.1. The molecule has 5 rings (SSSR count). The number of aromatic nitrogens is 1. The number of thioether (sulfide) groups is 1. The van der Waals surface area contributed by atoms with Gasteiger partial charge in [-0.1, -0.05) is 30.7 Å². The Morgan fingerprint density at radius 1 is 1.20 bits per heavy atom. The Morgan fingerprint density at radius 3 is 2.74 bits per heavy atom. The Balaban J connectivity index is 1.38. The smallest absolute Gasteiger partial charge is 0.150 e. The van der Waals surface area contributed by atoms with Crippen molar-refractivity contribution in [2.45, 2.75) is 25.0 Å². The van der Waals surface area contributed by atoms with Crippen LogP contribution in [0.2, 0.25) is 0 Å². The summed E-state index contributed by atoms with van der Waals surface area (Å²) in [6.45, 7) is 6.26. The highest BCUT2D eigenvalue weighted by Gasteiger charge is 2.38. The number of terminal acetylenes is 1. The molecule has 4 N–H and O–H groups in total. The summed E-state index contributed by atoms with van der Waals surface area (Å²) in [6.07, 6.45) is 9.79. The molecule has 1 saturated heterocycles. The lowest BCUT2D eigenvalue weighted by Gasteiger charge is -2.38. The monoisotopic (exact) mass is 490 g/mol. The third kappa shape index (κ3) is 4.61. The largest absolute Gasteiger partial charge is 0.379 e. The summed E-state index contributed by atoms with van der Waals surface area (Å²) in [5.74, 6) is 4.34. The van der Waals surface area contributed by atoms with E-state index in [1.807, 2.05) is 52.4 Å². The number of hydrogen-bond acceptors (Lipinski definition) is 10. The third-order valence-electron chi connectivity index (χ3n) is 6.17. The molecule has 10 heteroatoms. The first kappa shape index (κ1) is 23.7. The van der Waals surface area contributed by atoms with Crippen molar-refractivity contribution in [2.75, 3.05) is 47.7 Å². The van der Waals surface area contributed by atoms with Gasteiger partial charge in [0.2, 0.25) is 0 Å². The molecule has 2 atom stereocenters. The topological polar surface area (TPSA) is 99.5 Å². The summed E-state index contributed by atoms with van der Waals surface area (Å²) in [7, 11) is 0. The fourth-order valence-corrected chi connectivity index (χ4v) is 5.55. The normalized spacial score (nSPS) is 22.3. The van der Waals surface area contributed by atoms with E-state index in [1.165, 1.54) is 11.8 Å². The fraction of sp³-hybridized carbons (Fsp3) is 0.360. The van der Waals surface area contributed by atoms with E-state index >= 15 is 0 Å². The summed E-state index contributed by atoms with van der Waals surface area (Å²) < 4.78 is 5.52. The molecule has 3 aliphatic heterocycles. The average Bonchev–Trinajstić information content (AvgIpc) is 3.25. The lowest BCUT2D eigenvalue weighted by atomic mass is 10.2. The molecule has 3 aliphatic rings. The molecule has 35 heavy (non-hydrogen) atoms. The maximum atomic E-state index is 6.65. The fourth-order valence-electron chi connectivity index (χ4n) is 4.45. The maximum Gasteiger partial charge on any atom is 0.150 e. The zero-order valence-corrected chi connectivity index (χ0v) is 20.6. The van der Waals surface area contributed by atoms with E-state index in [4.69, 9.17) is 32.6 Å². The van der Waals surface area contributed by atoms with Gasteiger partial charge in [0.15, 0.2) is 0 Å². The van der Waals surface area contributed by atoms with Gasteiger partial charge in [-0.3, -0.25) is 9.91 Å². The van der Waals surface area contributed by atoms with Crippen LogP contribution in [0.1, 0.15) is 18.9 Å². The van der Waals surface area contributed by atoms with Crippen molar-refractivity contribution in [3.05, 3.63) is 58.9 Å². The van der Waals surface area contributed by atoms with Gasteiger partial charge in [0.1, 0.15) is 23.3 Å². The predicted octanol–water partition coefficient (Wildman–Crippen LogP) is 2.32. The first-order valence-electron chi connectivity index (χ1n) is 11.8. The lowest BCUT2D eigenvalue weighted by Crippen LogP contribution is -2.49. The summed E-state index contributed by atoms with van der Waals surface area (Å²) >= 11 is 1.51. The van der Waals surface area contributed by atoms with E-state index in [0.717, 1.165) is 72.8 Å². The number of hydrazine groups is 1. The minimum Gasteiger partial charge on any atom is -0.379 e. The van der Waals surface area contributed by atoms with E-state index in [-0.39, 0.29) is 5.50 Å². The molecule has 182 valence electrons. The van der Waals surface area contributed by atoms with Crippen LogP contribution in [0, 0.1) is 12.3 Å². The molecule has 9 nitrogen and oxygen atoms in total. The van der Waals surface area contributed by atoms with Crippen molar-refractivity contribution >= 4 is 35.3 Å². The second kappa shape index (κ2) is 10.3. The first-order valence-corrected chi connectivity index (χ1v) is 12.6. The van der Waals surface area contributed by atoms with E-state index in [0.29, 0.717) is 0 Å². The zero-order chi connectivity index (χ0) is 24.4. The highest BCUT2D eigenvalue weighted by Crippen LogP contribution is 2.43. The molecule has 4 heterocycles. The predicted molar refractivity (Wildman–Crippen MR) is 143 cm³/mol. The van der Waals surface area contributed by atoms with Crippen LogP contribution in [0.5, 0.6) is 0 Å². The Morgan fingerprint density at radius 2 is 2.03 bits per heavy atom. The van der Waals surface area contributed by atoms with Crippen molar-refractivity contribution in [2.24, 2.45) is 16.5 Å². The van der Waals surface area contributed by atoms with Gasteiger partial charge < -0.3 is 21.1 Å². The molecular weight excluding hydrogens is 460 g/mol. The molecule has 0 bridgehead atoms. The maximum absolute atomic E-state index is 6.65. The van der Waals surface area contributed by atoms with E-state index in [2.05, 4.69) is 22.9 Å². The van der Waals surface area contributed by atoms with Crippen molar-refractivity contribution in [1.29, 1.82) is 0 Å². The lowest BCUT2D eigenvalue weighted by molar-refractivity contribution is 0.0312. The van der Waals surface area contributed by atoms with Crippen LogP contribution in [0.15, 0.2) is 58.3 Å². The second-order valence-corrected chi connectivity index (χ2v) is 9.58. The molecule has 1 aromatic heterocycles. The summed E-state index contributed by atoms with van der Waals surface area (Å²) in [5, 5.41) is 4.55. The highest BCUT2D eigenvalue weighted by molar-refractivity contribution is 8.04. The van der Waals surface area contributed by atoms with Crippen LogP contribution in [0.25, 0.3) is 0 Å². The van der Waals surface area contributed by atoms with Crippen molar-refractivity contribution in [3.8, 4) is 12.3 Å². The van der Waals surface area contributed by atoms with Crippen LogP contribution in [0.3, 0.4) is 0 Å². The number of anilines is 3. The molecule has 0 radical (unpaired) electrons. The van der Waals surface area contributed by atoms with Crippen LogP contribution >= 0.6 is 11.8 Å². The van der Waals surface area contributed by atoms with E-state index in [1.54, 1.807) is 6.34 Å². The number of ether oxygens (including phenoxy) is 1. The Kier molecular flexibility index (Phi) is 6.95. The number of aliphatic imine (C=N–C) groups is 1. The summed E-state index contributed by atoms with van der Waals surface area (Å²) in [5.41, 5.74) is 15.4. The summed E-state index contributed by atoms with van der Waals surface area (Å²) in [6, 6.07) is 11.8. The minimum atomic E-state index is -0.412. The third-order valence-corrected chi connectivity index (χ3v) is 7.30. The van der Waals surface area contributed by atoms with Crippen molar-refractivity contribution in [3.63, 3.8) is 0 Å². The number of morpholine rings is 1. The summed E-state index contributed by atoms with van der Waals surface area (Å²) in [4.78, 5) is 14.3. The Labute approximate surface area is 210 Å². The van der Waals surface area contributed by atoms with E-state index < -0.39 is 6.17 Å². The number of pyridine rings is 1. The molecule has 0 amide bonds. The van der Waals surface area contributed by atoms with Gasteiger partial charge in [-0.05, 0) is 36.8 Å². The highest BCUT2D eigenvalue weighted by atomic mass is 32.2. The molecule has 2 unspecified atom stereocenters. The van der Waals surface area contributed by atoms with Crippen molar-refractivity contribution < 1.29 is 4.74 Å². The molecule has 0 aliphatic carbocycles. The number of hydrogen-bond donors (Lipinski definition) is 2. The number of rotatable bonds is 6. The van der Waals surface area contributed by atoms with Crippen LogP contribution in [0.4, 0.5) is 17.2 Å². The van der Waals surface area contributed by atoms with Crippen LogP contribution in [-0.2, 0) is 4.74 Å². The van der Waals surface area contributed by atoms with Crippen LogP contribution in [-0.4, -0.2) is 60.8 Å². The zero-order valence-electron chi connectivity index (χ0n) is 19.7. The van der Waals surface area contributed by atoms with Gasteiger partial charge in [0.05, 0.1) is 36.3 Å². The quantitative estimate of drug-likeness (QED) is 0.591. The second-order valence-electron chi connectivity index (χ2n) is 8.42. The molecule has 0 saturated carbocycles. The molecule has 2 aromatic rings. The van der Waals surface area contributed by atoms with Gasteiger partial charge >= 0.3 is 0 Å². The Bertz CT molecular complexity index is 1150. The number of nitrogens with zero attached hydrogens (tertiary/aromatic N) is 6. The SMILES string of the molecule is C#Cc1cccc(N2C=NC3=C(SC(N)N3c3ccc(N(CCC)N4CCOCC4)nc3)C2N)c1. The molecule has 1 fully saturated rings. The minimum absolute atomic E-state index is 0.348. The van der Waals surface area contributed by atoms with Gasteiger partial charge in [0, 0.05) is 30.9 Å². The molecule has 0 spiro atoms. The van der Waals surface area contributed by atoms with Gasteiger partial charge in [-0.2, -0.15) is 0 Å². The van der Waals surface area contributed by atoms with Crippen LogP contribution < -0.4 is 26.3 Å². The molecule has 1 aromatic carbocycles. The standard InChI is InChI=1S/C25H30N8OS/c1-3-10-32(30-11-13-34-14-12-30)21-9-8-20(16-28-21)33-24-22(35-25(33)27)23(26)31(17-29-24)19-7-5-6-18(4-2)15-19/h2,5-9,15-17,23,25H,3,10-14,26-27H2,1H3.